The van der Waals surface area contributed by atoms with Gasteiger partial charge in [0.2, 0.25) is 11.8 Å². The molecule has 5 atom stereocenters. The average Bonchev–Trinajstić information content (AvgIpc) is 3.92. The number of alkyl carbamates (subject to hydrolysis) is 1. The molecule has 0 bridgehead atoms. The van der Waals surface area contributed by atoms with Crippen molar-refractivity contribution in [1.82, 2.24) is 32.1 Å². The van der Waals surface area contributed by atoms with Gasteiger partial charge in [0, 0.05) is 13.0 Å². The SMILES string of the molecule is CC(C)[C@H](NC(=O)[C@H](CCC(=O)O)NC(=O)OCc1ccccc1)C(=O)N[C@@H](CC(=O)O)C(=O)NNC(=O)C1OC1C(=O)NCCc1ccccc1. The summed E-state index contributed by atoms with van der Waals surface area (Å²) in [6.07, 6.45) is -4.59. The molecule has 280 valence electrons. The highest BCUT2D eigenvalue weighted by molar-refractivity contribution is 5.98. The Hall–Kier alpha value is -6.04. The third-order valence-corrected chi connectivity index (χ3v) is 7.60. The summed E-state index contributed by atoms with van der Waals surface area (Å²) in [5.41, 5.74) is 5.70. The minimum atomic E-state index is -1.74. The number of carbonyl (C=O) groups is 8. The number of benzene rings is 2. The molecule has 0 radical (unpaired) electrons. The fourth-order valence-electron chi connectivity index (χ4n) is 4.75. The van der Waals surface area contributed by atoms with Gasteiger partial charge in [-0.05, 0) is 29.9 Å². The number of ether oxygens (including phenoxy) is 2. The minimum absolute atomic E-state index is 0.136. The molecule has 1 aliphatic heterocycles. The molecule has 0 saturated carbocycles. The summed E-state index contributed by atoms with van der Waals surface area (Å²) in [4.78, 5) is 99.4. The number of hydrazine groups is 1. The van der Waals surface area contributed by atoms with Crippen LogP contribution in [0.3, 0.4) is 0 Å². The minimum Gasteiger partial charge on any atom is -0.481 e. The van der Waals surface area contributed by atoms with Crippen LogP contribution in [-0.4, -0.2) is 94.7 Å². The van der Waals surface area contributed by atoms with Gasteiger partial charge in [-0.2, -0.15) is 0 Å². The number of hydrogen-bond acceptors (Lipinski definition) is 10. The lowest BCUT2D eigenvalue weighted by molar-refractivity contribution is -0.142. The molecule has 0 aromatic heterocycles. The van der Waals surface area contributed by atoms with Crippen molar-refractivity contribution >= 4 is 47.6 Å². The molecule has 0 aliphatic carbocycles. The summed E-state index contributed by atoms with van der Waals surface area (Å²) in [5, 5.41) is 28.1. The number of carbonyl (C=O) groups excluding carboxylic acids is 6. The van der Waals surface area contributed by atoms with Crippen molar-refractivity contribution in [3.8, 4) is 0 Å². The van der Waals surface area contributed by atoms with Crippen LogP contribution in [0.5, 0.6) is 0 Å². The molecule has 8 N–H and O–H groups in total. The first kappa shape index (κ1) is 40.4. The van der Waals surface area contributed by atoms with Crippen molar-refractivity contribution in [3.05, 3.63) is 71.8 Å². The van der Waals surface area contributed by atoms with Crippen molar-refractivity contribution in [2.24, 2.45) is 5.92 Å². The van der Waals surface area contributed by atoms with Gasteiger partial charge in [0.1, 0.15) is 24.7 Å². The van der Waals surface area contributed by atoms with Crippen LogP contribution in [0.1, 0.15) is 44.2 Å². The Labute approximate surface area is 298 Å². The third kappa shape index (κ3) is 13.7. The topological polar surface area (TPSA) is 271 Å². The standard InChI is InChI=1S/C34H42N6O12/c1-19(2)26(38-29(45)22(13-14-24(41)42)37-34(50)51-18-21-11-7-4-8-12-21)31(47)36-23(17-25(43)44)30(46)39-40-33(49)28-27(52-28)32(48)35-16-15-20-9-5-3-6-10-20/h3-12,19,22-23,26-28H,13-18H2,1-2H3,(H,35,48)(H,36,47)(H,37,50)(H,38,45)(H,39,46)(H,40,49)(H,41,42)(H,43,44)/t22-,23-,26-,27?,28?/m0/s1. The lowest BCUT2D eigenvalue weighted by Gasteiger charge is -2.26. The smallest absolute Gasteiger partial charge is 0.408 e. The van der Waals surface area contributed by atoms with Crippen LogP contribution in [0.25, 0.3) is 0 Å². The number of epoxide rings is 1. The second kappa shape index (κ2) is 20.0. The number of carboxylic acid groups (broad SMARTS) is 2. The second-order valence-corrected chi connectivity index (χ2v) is 12.1. The molecule has 6 amide bonds. The molecule has 1 heterocycles. The van der Waals surface area contributed by atoms with E-state index in [0.717, 1.165) is 5.56 Å². The Kier molecular flexibility index (Phi) is 15.5. The van der Waals surface area contributed by atoms with E-state index in [1.54, 1.807) is 30.3 Å². The number of nitrogens with one attached hydrogen (secondary N) is 6. The Bertz CT molecular complexity index is 1590. The zero-order valence-electron chi connectivity index (χ0n) is 28.5. The summed E-state index contributed by atoms with van der Waals surface area (Å²) in [6.45, 7) is 3.23. The fraction of sp³-hybridized carbons (Fsp3) is 0.412. The third-order valence-electron chi connectivity index (χ3n) is 7.60. The van der Waals surface area contributed by atoms with E-state index in [-0.39, 0.29) is 13.0 Å². The number of hydrogen-bond donors (Lipinski definition) is 8. The highest BCUT2D eigenvalue weighted by Gasteiger charge is 2.50. The summed E-state index contributed by atoms with van der Waals surface area (Å²) >= 11 is 0. The Morgan fingerprint density at radius 1 is 0.712 bits per heavy atom. The molecule has 1 aliphatic rings. The molecule has 1 fully saturated rings. The quantitative estimate of drug-likeness (QED) is 0.0674. The van der Waals surface area contributed by atoms with Crippen LogP contribution >= 0.6 is 0 Å². The number of aliphatic carboxylic acids is 2. The van der Waals surface area contributed by atoms with Gasteiger partial charge in [-0.1, -0.05) is 74.5 Å². The van der Waals surface area contributed by atoms with Crippen LogP contribution in [0.2, 0.25) is 0 Å². The van der Waals surface area contributed by atoms with E-state index < -0.39 is 96.7 Å². The molecule has 18 heteroatoms. The highest BCUT2D eigenvalue weighted by Crippen LogP contribution is 2.22. The van der Waals surface area contributed by atoms with Crippen molar-refractivity contribution < 1.29 is 58.0 Å². The van der Waals surface area contributed by atoms with Crippen LogP contribution in [0, 0.1) is 5.92 Å². The first-order valence-electron chi connectivity index (χ1n) is 16.3. The van der Waals surface area contributed by atoms with Crippen LogP contribution in [0.15, 0.2) is 60.7 Å². The normalized spacial score (nSPS) is 16.2. The van der Waals surface area contributed by atoms with E-state index in [1.807, 2.05) is 41.2 Å². The second-order valence-electron chi connectivity index (χ2n) is 12.1. The highest BCUT2D eigenvalue weighted by atomic mass is 16.6. The molecule has 2 aromatic carbocycles. The maximum atomic E-state index is 13.3. The van der Waals surface area contributed by atoms with Crippen molar-refractivity contribution in [3.63, 3.8) is 0 Å². The van der Waals surface area contributed by atoms with Gasteiger partial charge in [0.05, 0.1) is 6.42 Å². The lowest BCUT2D eigenvalue weighted by Crippen LogP contribution is -2.59. The molecule has 3 rings (SSSR count). The molecule has 2 aromatic rings. The first-order chi connectivity index (χ1) is 24.7. The zero-order valence-corrected chi connectivity index (χ0v) is 28.5. The summed E-state index contributed by atoms with van der Waals surface area (Å²) in [5.74, 6) is -7.89. The summed E-state index contributed by atoms with van der Waals surface area (Å²) < 4.78 is 10.2. The Morgan fingerprint density at radius 3 is 1.92 bits per heavy atom. The van der Waals surface area contributed by atoms with Crippen molar-refractivity contribution in [2.45, 2.75) is 76.5 Å². The molecular formula is C34H42N6O12. The van der Waals surface area contributed by atoms with Crippen LogP contribution in [0.4, 0.5) is 4.79 Å². The number of rotatable bonds is 19. The lowest BCUT2D eigenvalue weighted by atomic mass is 10.0. The van der Waals surface area contributed by atoms with E-state index in [9.17, 15) is 43.5 Å². The van der Waals surface area contributed by atoms with Crippen LogP contribution in [-0.2, 0) is 56.1 Å². The van der Waals surface area contributed by atoms with Gasteiger partial charge < -0.3 is 41.0 Å². The van der Waals surface area contributed by atoms with E-state index in [2.05, 4.69) is 21.3 Å². The van der Waals surface area contributed by atoms with Gasteiger partial charge >= 0.3 is 18.0 Å². The number of carboxylic acids is 2. The van der Waals surface area contributed by atoms with Crippen LogP contribution < -0.4 is 32.1 Å². The fourth-order valence-corrected chi connectivity index (χ4v) is 4.75. The van der Waals surface area contributed by atoms with E-state index in [1.165, 1.54) is 13.8 Å². The molecule has 1 saturated heterocycles. The molecule has 52 heavy (non-hydrogen) atoms. The van der Waals surface area contributed by atoms with Gasteiger partial charge in [-0.15, -0.1) is 0 Å². The van der Waals surface area contributed by atoms with Crippen molar-refractivity contribution in [1.29, 1.82) is 0 Å². The first-order valence-corrected chi connectivity index (χ1v) is 16.3. The van der Waals surface area contributed by atoms with Gasteiger partial charge in [-0.25, -0.2) is 4.79 Å². The van der Waals surface area contributed by atoms with E-state index >= 15 is 0 Å². The van der Waals surface area contributed by atoms with Gasteiger partial charge in [0.15, 0.2) is 12.2 Å². The largest absolute Gasteiger partial charge is 0.481 e. The summed E-state index contributed by atoms with van der Waals surface area (Å²) in [6, 6.07) is 13.4. The molecule has 18 nitrogen and oxygen atoms in total. The Balaban J connectivity index is 1.54. The average molecular weight is 727 g/mol. The summed E-state index contributed by atoms with van der Waals surface area (Å²) in [7, 11) is 0. The maximum Gasteiger partial charge on any atom is 0.408 e. The van der Waals surface area contributed by atoms with Gasteiger partial charge in [0.25, 0.3) is 17.7 Å². The maximum absolute atomic E-state index is 13.3. The number of amides is 6. The molecule has 0 spiro atoms. The Morgan fingerprint density at radius 2 is 1.33 bits per heavy atom. The van der Waals surface area contributed by atoms with Crippen molar-refractivity contribution in [2.75, 3.05) is 6.54 Å². The van der Waals surface area contributed by atoms with Gasteiger partial charge in [-0.3, -0.25) is 44.4 Å². The van der Waals surface area contributed by atoms with E-state index in [0.29, 0.717) is 18.5 Å². The zero-order chi connectivity index (χ0) is 38.2. The van der Waals surface area contributed by atoms with E-state index in [4.69, 9.17) is 14.6 Å². The molecule has 2 unspecified atom stereocenters. The monoisotopic (exact) mass is 726 g/mol. The predicted molar refractivity (Wildman–Crippen MR) is 179 cm³/mol. The molecular weight excluding hydrogens is 684 g/mol. The predicted octanol–water partition coefficient (Wildman–Crippen LogP) is -0.480.